The Morgan fingerprint density at radius 1 is 0.786 bits per heavy atom. The van der Waals surface area contributed by atoms with Crippen LogP contribution >= 0.6 is 0 Å². The highest BCUT2D eigenvalue weighted by molar-refractivity contribution is 7.92. The van der Waals surface area contributed by atoms with E-state index in [0.717, 1.165) is 22.7 Å². The quantitative estimate of drug-likeness (QED) is 0.524. The lowest BCUT2D eigenvalue weighted by atomic mass is 10.2. The maximum absolute atomic E-state index is 11.8. The molecule has 3 aromatic carbocycles. The van der Waals surface area contributed by atoms with Crippen molar-refractivity contribution in [3.05, 3.63) is 84.4 Å². The van der Waals surface area contributed by atoms with Crippen molar-refractivity contribution in [1.82, 2.24) is 0 Å². The minimum Gasteiger partial charge on any atom is -0.489 e. The van der Waals surface area contributed by atoms with Gasteiger partial charge in [-0.25, -0.2) is 8.42 Å². The maximum atomic E-state index is 11.8. The molecular formula is C22H24N2O3S. The molecule has 2 N–H and O–H groups in total. The van der Waals surface area contributed by atoms with Gasteiger partial charge in [-0.3, -0.25) is 4.72 Å². The summed E-state index contributed by atoms with van der Waals surface area (Å²) in [6, 6.07) is 24.9. The van der Waals surface area contributed by atoms with Gasteiger partial charge in [0, 0.05) is 17.1 Å². The van der Waals surface area contributed by atoms with Gasteiger partial charge in [0.1, 0.15) is 12.4 Å². The third-order valence-electron chi connectivity index (χ3n) is 4.02. The van der Waals surface area contributed by atoms with Crippen LogP contribution in [0, 0.1) is 0 Å². The average Bonchev–Trinajstić information content (AvgIpc) is 2.69. The summed E-state index contributed by atoms with van der Waals surface area (Å²) in [5.41, 5.74) is 3.48. The van der Waals surface area contributed by atoms with E-state index in [-0.39, 0.29) is 5.75 Å². The predicted molar refractivity (Wildman–Crippen MR) is 115 cm³/mol. The smallest absolute Gasteiger partial charge is 0.232 e. The number of nitrogens with one attached hydrogen (secondary N) is 2. The molecule has 0 atom stereocenters. The Labute approximate surface area is 166 Å². The zero-order valence-corrected chi connectivity index (χ0v) is 16.6. The maximum Gasteiger partial charge on any atom is 0.232 e. The van der Waals surface area contributed by atoms with Crippen LogP contribution in [-0.2, 0) is 16.6 Å². The van der Waals surface area contributed by atoms with Crippen molar-refractivity contribution >= 4 is 27.1 Å². The molecule has 0 aliphatic carbocycles. The minimum atomic E-state index is -3.27. The van der Waals surface area contributed by atoms with Crippen LogP contribution in [0.3, 0.4) is 0 Å². The lowest BCUT2D eigenvalue weighted by Gasteiger charge is -2.11. The summed E-state index contributed by atoms with van der Waals surface area (Å²) in [5, 5.41) is 3.29. The molecule has 0 unspecified atom stereocenters. The van der Waals surface area contributed by atoms with Gasteiger partial charge < -0.3 is 10.1 Å². The van der Waals surface area contributed by atoms with Crippen LogP contribution in [0.25, 0.3) is 0 Å². The number of hydrogen-bond acceptors (Lipinski definition) is 4. The van der Waals surface area contributed by atoms with E-state index in [2.05, 4.69) is 10.0 Å². The first-order chi connectivity index (χ1) is 13.5. The Bertz CT molecular complexity index is 971. The Kier molecular flexibility index (Phi) is 6.55. The molecule has 0 saturated heterocycles. The first-order valence-electron chi connectivity index (χ1n) is 9.18. The molecule has 3 aromatic rings. The van der Waals surface area contributed by atoms with Crippen LogP contribution in [0.1, 0.15) is 18.9 Å². The molecule has 0 aliphatic rings. The molecule has 0 heterocycles. The van der Waals surface area contributed by atoms with Crippen molar-refractivity contribution in [3.8, 4) is 5.75 Å². The summed E-state index contributed by atoms with van der Waals surface area (Å²) >= 11 is 0. The molecule has 0 spiro atoms. The van der Waals surface area contributed by atoms with Gasteiger partial charge in [0.15, 0.2) is 0 Å². The second kappa shape index (κ2) is 9.28. The number of benzene rings is 3. The van der Waals surface area contributed by atoms with E-state index in [4.69, 9.17) is 4.74 Å². The van der Waals surface area contributed by atoms with Crippen molar-refractivity contribution < 1.29 is 13.2 Å². The second-order valence-electron chi connectivity index (χ2n) is 6.42. The first-order valence-corrected chi connectivity index (χ1v) is 10.8. The van der Waals surface area contributed by atoms with E-state index in [0.29, 0.717) is 18.7 Å². The summed E-state index contributed by atoms with van der Waals surface area (Å²) < 4.78 is 32.0. The van der Waals surface area contributed by atoms with Crippen LogP contribution < -0.4 is 14.8 Å². The monoisotopic (exact) mass is 396 g/mol. The molecule has 6 heteroatoms. The van der Waals surface area contributed by atoms with Gasteiger partial charge in [0.2, 0.25) is 10.0 Å². The largest absolute Gasteiger partial charge is 0.489 e. The van der Waals surface area contributed by atoms with Crippen molar-refractivity contribution in [2.45, 2.75) is 20.0 Å². The molecule has 0 fully saturated rings. The number of anilines is 3. The Hall–Kier alpha value is -2.99. The predicted octanol–water partition coefficient (Wildman–Crippen LogP) is 5.16. The number of sulfonamides is 1. The zero-order chi connectivity index (χ0) is 19.8. The fourth-order valence-electron chi connectivity index (χ4n) is 2.66. The van der Waals surface area contributed by atoms with Gasteiger partial charge in [0.05, 0.1) is 5.75 Å². The van der Waals surface area contributed by atoms with Crippen LogP contribution in [0.4, 0.5) is 17.1 Å². The number of rotatable bonds is 9. The molecule has 3 rings (SSSR count). The first kappa shape index (κ1) is 19.8. The van der Waals surface area contributed by atoms with E-state index in [9.17, 15) is 8.42 Å². The molecular weight excluding hydrogens is 372 g/mol. The molecule has 146 valence electrons. The van der Waals surface area contributed by atoms with Crippen LogP contribution in [0.2, 0.25) is 0 Å². The van der Waals surface area contributed by atoms with Crippen LogP contribution in [0.15, 0.2) is 78.9 Å². The van der Waals surface area contributed by atoms with Gasteiger partial charge in [-0.15, -0.1) is 0 Å². The van der Waals surface area contributed by atoms with Gasteiger partial charge in [-0.1, -0.05) is 37.3 Å². The molecule has 0 saturated carbocycles. The average molecular weight is 397 g/mol. The van der Waals surface area contributed by atoms with Gasteiger partial charge in [-0.05, 0) is 60.5 Å². The molecule has 0 bridgehead atoms. The van der Waals surface area contributed by atoms with Gasteiger partial charge in [0.25, 0.3) is 0 Å². The molecule has 0 aliphatic heterocycles. The number of ether oxygens (including phenoxy) is 1. The normalized spacial score (nSPS) is 11.0. The summed E-state index contributed by atoms with van der Waals surface area (Å²) in [5.74, 6) is 0.918. The fraction of sp³-hybridized carbons (Fsp3) is 0.182. The molecule has 0 aromatic heterocycles. The van der Waals surface area contributed by atoms with Crippen LogP contribution in [0.5, 0.6) is 5.75 Å². The summed E-state index contributed by atoms with van der Waals surface area (Å²) in [7, 11) is -3.27. The zero-order valence-electron chi connectivity index (χ0n) is 15.8. The second-order valence-corrected chi connectivity index (χ2v) is 8.26. The third kappa shape index (κ3) is 6.03. The Morgan fingerprint density at radius 3 is 1.96 bits per heavy atom. The highest BCUT2D eigenvalue weighted by Crippen LogP contribution is 2.22. The van der Waals surface area contributed by atoms with Crippen molar-refractivity contribution in [2.75, 3.05) is 15.8 Å². The highest BCUT2D eigenvalue weighted by atomic mass is 32.2. The van der Waals surface area contributed by atoms with Gasteiger partial charge in [-0.2, -0.15) is 0 Å². The SMILES string of the molecule is CCCS(=O)(=O)Nc1ccc(Nc2ccc(OCc3ccccc3)cc2)cc1. The van der Waals surface area contributed by atoms with Crippen molar-refractivity contribution in [2.24, 2.45) is 0 Å². The summed E-state index contributed by atoms with van der Waals surface area (Å²) in [6.45, 7) is 2.37. The fourth-order valence-corrected chi connectivity index (χ4v) is 3.80. The Morgan fingerprint density at radius 2 is 1.36 bits per heavy atom. The molecule has 0 amide bonds. The minimum absolute atomic E-state index is 0.117. The van der Waals surface area contributed by atoms with Crippen molar-refractivity contribution in [1.29, 1.82) is 0 Å². The summed E-state index contributed by atoms with van der Waals surface area (Å²) in [6.07, 6.45) is 0.583. The van der Waals surface area contributed by atoms with E-state index in [1.807, 2.05) is 73.7 Å². The standard InChI is InChI=1S/C22H24N2O3S/c1-2-16-28(25,26)24-21-10-8-19(9-11-21)23-20-12-14-22(15-13-20)27-17-18-6-4-3-5-7-18/h3-15,23-24H,2,16-17H2,1H3. The van der Waals surface area contributed by atoms with E-state index < -0.39 is 10.0 Å². The Balaban J connectivity index is 1.55. The van der Waals surface area contributed by atoms with E-state index in [1.54, 1.807) is 12.1 Å². The highest BCUT2D eigenvalue weighted by Gasteiger charge is 2.08. The van der Waals surface area contributed by atoms with E-state index >= 15 is 0 Å². The van der Waals surface area contributed by atoms with E-state index in [1.165, 1.54) is 0 Å². The molecule has 5 nitrogen and oxygen atoms in total. The van der Waals surface area contributed by atoms with Crippen LogP contribution in [-0.4, -0.2) is 14.2 Å². The summed E-state index contributed by atoms with van der Waals surface area (Å²) in [4.78, 5) is 0. The number of hydrogen-bond donors (Lipinski definition) is 2. The lowest BCUT2D eigenvalue weighted by molar-refractivity contribution is 0.306. The van der Waals surface area contributed by atoms with Gasteiger partial charge >= 0.3 is 0 Å². The van der Waals surface area contributed by atoms with Crippen molar-refractivity contribution in [3.63, 3.8) is 0 Å². The third-order valence-corrected chi connectivity index (χ3v) is 5.51. The topological polar surface area (TPSA) is 67.4 Å². The molecule has 28 heavy (non-hydrogen) atoms. The lowest BCUT2D eigenvalue weighted by Crippen LogP contribution is -2.15. The molecule has 0 radical (unpaired) electrons.